The van der Waals surface area contributed by atoms with E-state index in [1.165, 1.54) is 13.2 Å². The SMILES string of the molecule is COc1cccc(C(=O)COC(=O)c2ccc3c(c2)OCO3)c1. The van der Waals surface area contributed by atoms with Crippen molar-refractivity contribution in [2.75, 3.05) is 20.5 Å². The number of fused-ring (bicyclic) bond motifs is 1. The molecule has 0 radical (unpaired) electrons. The molecular formula is C17H14O6. The molecule has 118 valence electrons. The minimum Gasteiger partial charge on any atom is -0.497 e. The van der Waals surface area contributed by atoms with Crippen molar-refractivity contribution < 1.29 is 28.5 Å². The second-order valence-corrected chi connectivity index (χ2v) is 4.80. The molecular weight excluding hydrogens is 300 g/mol. The van der Waals surface area contributed by atoms with Gasteiger partial charge in [-0.15, -0.1) is 0 Å². The highest BCUT2D eigenvalue weighted by molar-refractivity contribution is 5.99. The average Bonchev–Trinajstić information content (AvgIpc) is 3.07. The molecule has 6 nitrogen and oxygen atoms in total. The molecule has 0 saturated carbocycles. The zero-order valence-electron chi connectivity index (χ0n) is 12.4. The molecule has 0 aromatic heterocycles. The monoisotopic (exact) mass is 314 g/mol. The largest absolute Gasteiger partial charge is 0.497 e. The molecule has 3 rings (SSSR count). The maximum Gasteiger partial charge on any atom is 0.338 e. The lowest BCUT2D eigenvalue weighted by Gasteiger charge is -2.06. The summed E-state index contributed by atoms with van der Waals surface area (Å²) in [4.78, 5) is 24.1. The number of ketones is 1. The van der Waals surface area contributed by atoms with Crippen LogP contribution in [-0.2, 0) is 4.74 Å². The van der Waals surface area contributed by atoms with Gasteiger partial charge in [-0.1, -0.05) is 12.1 Å². The molecule has 0 saturated heterocycles. The topological polar surface area (TPSA) is 71.1 Å². The number of hydrogen-bond acceptors (Lipinski definition) is 6. The Hall–Kier alpha value is -3.02. The van der Waals surface area contributed by atoms with Crippen molar-refractivity contribution in [1.82, 2.24) is 0 Å². The van der Waals surface area contributed by atoms with Crippen LogP contribution in [0.4, 0.5) is 0 Å². The van der Waals surface area contributed by atoms with E-state index < -0.39 is 5.97 Å². The average molecular weight is 314 g/mol. The lowest BCUT2D eigenvalue weighted by Crippen LogP contribution is -2.14. The molecule has 0 spiro atoms. The van der Waals surface area contributed by atoms with Crippen LogP contribution in [0.25, 0.3) is 0 Å². The van der Waals surface area contributed by atoms with Gasteiger partial charge in [0.1, 0.15) is 5.75 Å². The molecule has 2 aromatic carbocycles. The molecule has 0 N–H and O–H groups in total. The zero-order valence-corrected chi connectivity index (χ0v) is 12.4. The van der Waals surface area contributed by atoms with Crippen LogP contribution in [-0.4, -0.2) is 32.3 Å². The summed E-state index contributed by atoms with van der Waals surface area (Å²) in [6, 6.07) is 11.4. The molecule has 1 aliphatic rings. The highest BCUT2D eigenvalue weighted by Gasteiger charge is 2.18. The van der Waals surface area contributed by atoms with Gasteiger partial charge >= 0.3 is 5.97 Å². The quantitative estimate of drug-likeness (QED) is 0.623. The normalized spacial score (nSPS) is 11.9. The van der Waals surface area contributed by atoms with E-state index in [9.17, 15) is 9.59 Å². The van der Waals surface area contributed by atoms with E-state index in [1.807, 2.05) is 0 Å². The van der Waals surface area contributed by atoms with Crippen molar-refractivity contribution in [3.05, 3.63) is 53.6 Å². The van der Waals surface area contributed by atoms with Gasteiger partial charge in [-0.05, 0) is 30.3 Å². The number of carbonyl (C=O) groups excluding carboxylic acids is 2. The van der Waals surface area contributed by atoms with E-state index >= 15 is 0 Å². The van der Waals surface area contributed by atoms with Crippen LogP contribution < -0.4 is 14.2 Å². The number of carbonyl (C=O) groups is 2. The summed E-state index contributed by atoms with van der Waals surface area (Å²) in [7, 11) is 1.52. The van der Waals surface area contributed by atoms with Gasteiger partial charge < -0.3 is 18.9 Å². The third-order valence-electron chi connectivity index (χ3n) is 3.33. The van der Waals surface area contributed by atoms with E-state index in [4.69, 9.17) is 18.9 Å². The van der Waals surface area contributed by atoms with Crippen molar-refractivity contribution in [2.45, 2.75) is 0 Å². The molecule has 1 aliphatic heterocycles. The number of methoxy groups -OCH3 is 1. The van der Waals surface area contributed by atoms with Gasteiger partial charge in [0.25, 0.3) is 0 Å². The van der Waals surface area contributed by atoms with Crippen LogP contribution in [0, 0.1) is 0 Å². The molecule has 1 heterocycles. The van der Waals surface area contributed by atoms with Crippen molar-refractivity contribution >= 4 is 11.8 Å². The predicted octanol–water partition coefficient (Wildman–Crippen LogP) is 2.46. The van der Waals surface area contributed by atoms with Gasteiger partial charge in [-0.2, -0.15) is 0 Å². The molecule has 0 atom stereocenters. The second kappa shape index (κ2) is 6.39. The van der Waals surface area contributed by atoms with Gasteiger partial charge in [0, 0.05) is 5.56 Å². The number of benzene rings is 2. The predicted molar refractivity (Wildman–Crippen MR) is 80.2 cm³/mol. The van der Waals surface area contributed by atoms with Gasteiger partial charge in [0.05, 0.1) is 12.7 Å². The van der Waals surface area contributed by atoms with Crippen molar-refractivity contribution in [1.29, 1.82) is 0 Å². The summed E-state index contributed by atoms with van der Waals surface area (Å²) in [6.07, 6.45) is 0. The first-order chi connectivity index (χ1) is 11.2. The van der Waals surface area contributed by atoms with Gasteiger partial charge in [-0.25, -0.2) is 4.79 Å². The lowest BCUT2D eigenvalue weighted by molar-refractivity contribution is 0.0474. The summed E-state index contributed by atoms with van der Waals surface area (Å²) < 4.78 is 20.5. The number of Topliss-reactive ketones (excluding diaryl/α,β-unsaturated/α-hetero) is 1. The van der Waals surface area contributed by atoms with Crippen LogP contribution in [0.2, 0.25) is 0 Å². The van der Waals surface area contributed by atoms with Crippen LogP contribution in [0.5, 0.6) is 17.2 Å². The van der Waals surface area contributed by atoms with E-state index in [2.05, 4.69) is 0 Å². The van der Waals surface area contributed by atoms with Crippen molar-refractivity contribution in [3.63, 3.8) is 0 Å². The Morgan fingerprint density at radius 3 is 2.70 bits per heavy atom. The Kier molecular flexibility index (Phi) is 4.14. The zero-order chi connectivity index (χ0) is 16.2. The summed E-state index contributed by atoms with van der Waals surface area (Å²) in [6.45, 7) is -0.220. The number of hydrogen-bond donors (Lipinski definition) is 0. The van der Waals surface area contributed by atoms with Gasteiger partial charge in [-0.3, -0.25) is 4.79 Å². The first kappa shape index (κ1) is 14.9. The Morgan fingerprint density at radius 2 is 1.87 bits per heavy atom. The molecule has 0 fully saturated rings. The first-order valence-electron chi connectivity index (χ1n) is 6.91. The highest BCUT2D eigenvalue weighted by atomic mass is 16.7. The van der Waals surface area contributed by atoms with E-state index in [0.717, 1.165) is 0 Å². The third kappa shape index (κ3) is 3.26. The number of rotatable bonds is 5. The molecule has 6 heteroatoms. The smallest absolute Gasteiger partial charge is 0.338 e. The number of ether oxygens (including phenoxy) is 4. The summed E-state index contributed by atoms with van der Waals surface area (Å²) in [5.74, 6) is 0.725. The van der Waals surface area contributed by atoms with Crippen LogP contribution in [0.1, 0.15) is 20.7 Å². The minimum atomic E-state index is -0.598. The third-order valence-corrected chi connectivity index (χ3v) is 3.33. The van der Waals surface area contributed by atoms with E-state index in [0.29, 0.717) is 28.4 Å². The molecule has 0 unspecified atom stereocenters. The Balaban J connectivity index is 1.63. The van der Waals surface area contributed by atoms with Gasteiger partial charge in [0.2, 0.25) is 6.79 Å². The van der Waals surface area contributed by atoms with E-state index in [1.54, 1.807) is 36.4 Å². The van der Waals surface area contributed by atoms with Crippen LogP contribution in [0.3, 0.4) is 0 Å². The summed E-state index contributed by atoms with van der Waals surface area (Å²) in [5.41, 5.74) is 0.718. The van der Waals surface area contributed by atoms with E-state index in [-0.39, 0.29) is 19.2 Å². The Labute approximate surface area is 132 Å². The van der Waals surface area contributed by atoms with Gasteiger partial charge in [0.15, 0.2) is 23.9 Å². The minimum absolute atomic E-state index is 0.127. The lowest BCUT2D eigenvalue weighted by atomic mass is 10.1. The highest BCUT2D eigenvalue weighted by Crippen LogP contribution is 2.32. The molecule has 2 aromatic rings. The maximum absolute atomic E-state index is 12.1. The molecule has 23 heavy (non-hydrogen) atoms. The molecule has 0 bridgehead atoms. The molecule has 0 aliphatic carbocycles. The van der Waals surface area contributed by atoms with Crippen molar-refractivity contribution in [3.8, 4) is 17.2 Å². The maximum atomic E-state index is 12.1. The Morgan fingerprint density at radius 1 is 1.04 bits per heavy atom. The fraction of sp³-hybridized carbons (Fsp3) is 0.176. The van der Waals surface area contributed by atoms with Crippen LogP contribution in [0.15, 0.2) is 42.5 Å². The summed E-state index contributed by atoms with van der Waals surface area (Å²) >= 11 is 0. The number of esters is 1. The first-order valence-corrected chi connectivity index (χ1v) is 6.91. The Bertz CT molecular complexity index is 752. The summed E-state index contributed by atoms with van der Waals surface area (Å²) in [5, 5.41) is 0. The second-order valence-electron chi connectivity index (χ2n) is 4.80. The van der Waals surface area contributed by atoms with Crippen LogP contribution >= 0.6 is 0 Å². The standard InChI is InChI=1S/C17H14O6/c1-20-13-4-2-3-11(7-13)14(18)9-21-17(19)12-5-6-15-16(8-12)23-10-22-15/h2-8H,9-10H2,1H3. The van der Waals surface area contributed by atoms with Crippen molar-refractivity contribution in [2.24, 2.45) is 0 Å². The fourth-order valence-electron chi connectivity index (χ4n) is 2.12. The fourth-order valence-corrected chi connectivity index (χ4v) is 2.12. The molecule has 0 amide bonds.